The van der Waals surface area contributed by atoms with E-state index in [2.05, 4.69) is 10.3 Å². The summed E-state index contributed by atoms with van der Waals surface area (Å²) in [6, 6.07) is 16.5. The lowest BCUT2D eigenvalue weighted by Gasteiger charge is -2.09. The van der Waals surface area contributed by atoms with Crippen LogP contribution in [-0.4, -0.2) is 9.55 Å². The molecular weight excluding hydrogens is 253 g/mol. The minimum atomic E-state index is -0.226. The lowest BCUT2D eigenvalue weighted by Crippen LogP contribution is -2.06. The first-order valence-electron chi connectivity index (χ1n) is 6.40. The van der Waals surface area contributed by atoms with Crippen LogP contribution in [0.15, 0.2) is 67.0 Å². The Labute approximate surface area is 116 Å². The number of rotatable bonds is 4. The van der Waals surface area contributed by atoms with Crippen molar-refractivity contribution in [3.05, 3.63) is 78.4 Å². The number of hydrogen-bond acceptors (Lipinski definition) is 2. The molecule has 1 aromatic heterocycles. The van der Waals surface area contributed by atoms with Gasteiger partial charge >= 0.3 is 0 Å². The smallest absolute Gasteiger partial charge is 0.207 e. The largest absolute Gasteiger partial charge is 0.351 e. The molecule has 0 amide bonds. The maximum absolute atomic E-state index is 13.1. The highest BCUT2D eigenvalue weighted by Crippen LogP contribution is 2.15. The molecule has 0 radical (unpaired) electrons. The van der Waals surface area contributed by atoms with Gasteiger partial charge in [0, 0.05) is 24.6 Å². The molecule has 0 aliphatic carbocycles. The van der Waals surface area contributed by atoms with Crippen molar-refractivity contribution in [2.24, 2.45) is 0 Å². The summed E-state index contributed by atoms with van der Waals surface area (Å²) in [6.45, 7) is 0.529. The number of nitrogens with zero attached hydrogens (tertiary/aromatic N) is 2. The van der Waals surface area contributed by atoms with Crippen molar-refractivity contribution in [2.45, 2.75) is 6.54 Å². The summed E-state index contributed by atoms with van der Waals surface area (Å²) in [4.78, 5) is 4.29. The van der Waals surface area contributed by atoms with Crippen LogP contribution in [-0.2, 0) is 6.54 Å². The number of para-hydroxylation sites is 1. The first-order chi connectivity index (χ1) is 9.83. The fraction of sp³-hybridized carbons (Fsp3) is 0.0625. The molecule has 2 aromatic carbocycles. The number of hydrogen-bond donors (Lipinski definition) is 1. The van der Waals surface area contributed by atoms with Gasteiger partial charge in [0.1, 0.15) is 5.82 Å². The van der Waals surface area contributed by atoms with Crippen LogP contribution >= 0.6 is 0 Å². The molecule has 1 heterocycles. The zero-order valence-corrected chi connectivity index (χ0v) is 10.8. The lowest BCUT2D eigenvalue weighted by atomic mass is 10.2. The SMILES string of the molecule is Fc1cccc(CNc2nccn2-c2ccccc2)c1. The molecule has 0 saturated carbocycles. The van der Waals surface area contributed by atoms with E-state index in [1.165, 1.54) is 12.1 Å². The van der Waals surface area contributed by atoms with E-state index in [1.54, 1.807) is 12.3 Å². The first-order valence-corrected chi connectivity index (χ1v) is 6.40. The van der Waals surface area contributed by atoms with Crippen LogP contribution in [0.4, 0.5) is 10.3 Å². The standard InChI is InChI=1S/C16H14FN3/c17-14-6-4-5-13(11-14)12-19-16-18-9-10-20(16)15-7-2-1-3-8-15/h1-11H,12H2,(H,18,19). The highest BCUT2D eigenvalue weighted by Gasteiger charge is 2.04. The summed E-state index contributed by atoms with van der Waals surface area (Å²) < 4.78 is 15.1. The van der Waals surface area contributed by atoms with Gasteiger partial charge in [-0.3, -0.25) is 4.57 Å². The van der Waals surface area contributed by atoms with Gasteiger partial charge in [-0.15, -0.1) is 0 Å². The van der Waals surface area contributed by atoms with Crippen molar-refractivity contribution in [3.8, 4) is 5.69 Å². The molecule has 3 nitrogen and oxygen atoms in total. The van der Waals surface area contributed by atoms with Crippen LogP contribution in [0.1, 0.15) is 5.56 Å². The second-order valence-corrected chi connectivity index (χ2v) is 4.44. The monoisotopic (exact) mass is 267 g/mol. The van der Waals surface area contributed by atoms with Crippen LogP contribution in [0.5, 0.6) is 0 Å². The van der Waals surface area contributed by atoms with Gasteiger partial charge < -0.3 is 5.32 Å². The molecule has 3 aromatic rings. The van der Waals surface area contributed by atoms with E-state index >= 15 is 0 Å². The van der Waals surface area contributed by atoms with E-state index < -0.39 is 0 Å². The van der Waals surface area contributed by atoms with Gasteiger partial charge in [0.05, 0.1) is 0 Å². The van der Waals surface area contributed by atoms with Gasteiger partial charge in [-0.2, -0.15) is 0 Å². The molecule has 0 atom stereocenters. The number of nitrogens with one attached hydrogen (secondary N) is 1. The molecule has 1 N–H and O–H groups in total. The van der Waals surface area contributed by atoms with Gasteiger partial charge in [-0.05, 0) is 29.8 Å². The third-order valence-electron chi connectivity index (χ3n) is 3.01. The zero-order valence-electron chi connectivity index (χ0n) is 10.8. The molecule has 0 aliphatic heterocycles. The maximum atomic E-state index is 13.1. The first kappa shape index (κ1) is 12.4. The zero-order chi connectivity index (χ0) is 13.8. The van der Waals surface area contributed by atoms with Crippen LogP contribution in [0.2, 0.25) is 0 Å². The van der Waals surface area contributed by atoms with Crippen LogP contribution in [0, 0.1) is 5.82 Å². The summed E-state index contributed by atoms with van der Waals surface area (Å²) in [5.74, 6) is 0.510. The Bertz CT molecular complexity index is 692. The highest BCUT2D eigenvalue weighted by atomic mass is 19.1. The Morgan fingerprint density at radius 2 is 1.90 bits per heavy atom. The molecule has 0 bridgehead atoms. The van der Waals surface area contributed by atoms with Crippen LogP contribution < -0.4 is 5.32 Å². The quantitative estimate of drug-likeness (QED) is 0.782. The van der Waals surface area contributed by atoms with Gasteiger partial charge in [-0.1, -0.05) is 30.3 Å². The molecule has 4 heteroatoms. The Balaban J connectivity index is 1.78. The summed E-state index contributed by atoms with van der Waals surface area (Å²) in [6.07, 6.45) is 3.63. The van der Waals surface area contributed by atoms with Crippen molar-refractivity contribution in [1.82, 2.24) is 9.55 Å². The minimum absolute atomic E-state index is 0.226. The Morgan fingerprint density at radius 3 is 2.70 bits per heavy atom. The fourth-order valence-corrected chi connectivity index (χ4v) is 2.06. The summed E-state index contributed by atoms with van der Waals surface area (Å²) in [7, 11) is 0. The molecule has 3 rings (SSSR count). The van der Waals surface area contributed by atoms with E-state index in [1.807, 2.05) is 47.2 Å². The molecule has 0 fully saturated rings. The number of anilines is 1. The minimum Gasteiger partial charge on any atom is -0.351 e. The number of halogens is 1. The number of aromatic nitrogens is 2. The predicted molar refractivity (Wildman–Crippen MR) is 77.3 cm³/mol. The summed E-state index contributed by atoms with van der Waals surface area (Å²) in [5, 5.41) is 3.22. The molecule has 100 valence electrons. The summed E-state index contributed by atoms with van der Waals surface area (Å²) in [5.41, 5.74) is 1.92. The van der Waals surface area contributed by atoms with Crippen molar-refractivity contribution in [3.63, 3.8) is 0 Å². The average molecular weight is 267 g/mol. The topological polar surface area (TPSA) is 29.9 Å². The predicted octanol–water partition coefficient (Wildman–Crippen LogP) is 3.62. The maximum Gasteiger partial charge on any atom is 0.207 e. The molecule has 0 unspecified atom stereocenters. The third kappa shape index (κ3) is 2.69. The van der Waals surface area contributed by atoms with Crippen molar-refractivity contribution in [2.75, 3.05) is 5.32 Å². The van der Waals surface area contributed by atoms with E-state index in [4.69, 9.17) is 0 Å². The molecule has 0 aliphatic rings. The van der Waals surface area contributed by atoms with Gasteiger partial charge in [-0.25, -0.2) is 9.37 Å². The van der Waals surface area contributed by atoms with Gasteiger partial charge in [0.15, 0.2) is 0 Å². The third-order valence-corrected chi connectivity index (χ3v) is 3.01. The number of benzene rings is 2. The Hall–Kier alpha value is -2.62. The Kier molecular flexibility index (Phi) is 3.46. The van der Waals surface area contributed by atoms with Crippen molar-refractivity contribution >= 4 is 5.95 Å². The second kappa shape index (κ2) is 5.57. The highest BCUT2D eigenvalue weighted by molar-refractivity contribution is 5.41. The van der Waals surface area contributed by atoms with Gasteiger partial charge in [0.25, 0.3) is 0 Å². The van der Waals surface area contributed by atoms with E-state index in [0.29, 0.717) is 6.54 Å². The van der Waals surface area contributed by atoms with Crippen LogP contribution in [0.3, 0.4) is 0 Å². The van der Waals surface area contributed by atoms with Gasteiger partial charge in [0.2, 0.25) is 5.95 Å². The Morgan fingerprint density at radius 1 is 1.05 bits per heavy atom. The fourth-order valence-electron chi connectivity index (χ4n) is 2.06. The van der Waals surface area contributed by atoms with E-state index in [9.17, 15) is 4.39 Å². The molecular formula is C16H14FN3. The summed E-state index contributed by atoms with van der Waals surface area (Å²) >= 11 is 0. The molecule has 0 spiro atoms. The van der Waals surface area contributed by atoms with Crippen molar-refractivity contribution in [1.29, 1.82) is 0 Å². The second-order valence-electron chi connectivity index (χ2n) is 4.44. The average Bonchev–Trinajstić information content (AvgIpc) is 2.95. The molecule has 0 saturated heterocycles. The lowest BCUT2D eigenvalue weighted by molar-refractivity contribution is 0.626. The van der Waals surface area contributed by atoms with Crippen LogP contribution in [0.25, 0.3) is 5.69 Å². The molecule has 20 heavy (non-hydrogen) atoms. The van der Waals surface area contributed by atoms with Crippen molar-refractivity contribution < 1.29 is 4.39 Å². The van der Waals surface area contributed by atoms with E-state index in [-0.39, 0.29) is 5.82 Å². The number of imidazole rings is 1. The van der Waals surface area contributed by atoms with E-state index in [0.717, 1.165) is 17.2 Å². The normalized spacial score (nSPS) is 10.4.